The molecule has 1 saturated heterocycles. The van der Waals surface area contributed by atoms with E-state index in [1.807, 2.05) is 0 Å². The van der Waals surface area contributed by atoms with E-state index in [9.17, 15) is 4.79 Å². The van der Waals surface area contributed by atoms with Crippen molar-refractivity contribution in [2.24, 2.45) is 11.8 Å². The number of nitrogens with zero attached hydrogens (tertiary/aromatic N) is 1. The van der Waals surface area contributed by atoms with Crippen molar-refractivity contribution in [1.82, 2.24) is 10.2 Å². The van der Waals surface area contributed by atoms with E-state index in [0.717, 1.165) is 31.5 Å². The average Bonchev–Trinajstić information content (AvgIpc) is 3.01. The molecule has 0 bridgehead atoms. The Morgan fingerprint density at radius 2 is 1.67 bits per heavy atom. The number of piperidine rings is 1. The molecule has 1 heterocycles. The number of aryl methyl sites for hydroxylation is 1. The van der Waals surface area contributed by atoms with E-state index >= 15 is 0 Å². The Morgan fingerprint density at radius 3 is 2.25 bits per heavy atom. The minimum absolute atomic E-state index is 0.142. The lowest BCUT2D eigenvalue weighted by Gasteiger charge is -2.40. The van der Waals surface area contributed by atoms with E-state index < -0.39 is 0 Å². The molecule has 2 aliphatic rings. The fraction of sp³-hybridized carbons (Fsp3) is 0.667. The van der Waals surface area contributed by atoms with Gasteiger partial charge in [-0.25, -0.2) is 0 Å². The lowest BCUT2D eigenvalue weighted by atomic mass is 9.89. The molecule has 24 heavy (non-hydrogen) atoms. The summed E-state index contributed by atoms with van der Waals surface area (Å²) in [4.78, 5) is 15.6. The van der Waals surface area contributed by atoms with Gasteiger partial charge < -0.3 is 5.32 Å². The zero-order valence-corrected chi connectivity index (χ0v) is 15.4. The summed E-state index contributed by atoms with van der Waals surface area (Å²) in [6.07, 6.45) is 6.04. The van der Waals surface area contributed by atoms with Gasteiger partial charge in [-0.05, 0) is 43.6 Å². The second kappa shape index (κ2) is 7.69. The van der Waals surface area contributed by atoms with Crippen LogP contribution in [0.25, 0.3) is 0 Å². The third-order valence-electron chi connectivity index (χ3n) is 5.61. The Labute approximate surface area is 146 Å². The molecule has 3 rings (SSSR count). The molecule has 0 spiro atoms. The maximum atomic E-state index is 13.1. The molecule has 1 aliphatic heterocycles. The van der Waals surface area contributed by atoms with Crippen molar-refractivity contribution >= 4 is 5.91 Å². The largest absolute Gasteiger partial charge is 0.352 e. The number of likely N-dealkylation sites (tertiary alicyclic amines) is 1. The summed E-state index contributed by atoms with van der Waals surface area (Å²) in [6.45, 7) is 8.75. The van der Waals surface area contributed by atoms with Crippen LogP contribution in [0.4, 0.5) is 0 Å². The summed E-state index contributed by atoms with van der Waals surface area (Å²) in [5.41, 5.74) is 2.38. The van der Waals surface area contributed by atoms with Crippen molar-refractivity contribution in [3.63, 3.8) is 0 Å². The first-order valence-corrected chi connectivity index (χ1v) is 9.64. The highest BCUT2D eigenvalue weighted by molar-refractivity contribution is 5.83. The highest BCUT2D eigenvalue weighted by Crippen LogP contribution is 2.30. The van der Waals surface area contributed by atoms with E-state index in [2.05, 4.69) is 55.3 Å². The molecule has 2 fully saturated rings. The van der Waals surface area contributed by atoms with E-state index in [1.54, 1.807) is 0 Å². The molecule has 1 aromatic carbocycles. The first-order valence-electron chi connectivity index (χ1n) is 9.64. The van der Waals surface area contributed by atoms with E-state index in [1.165, 1.54) is 24.8 Å². The van der Waals surface area contributed by atoms with Crippen LogP contribution >= 0.6 is 0 Å². The molecule has 3 atom stereocenters. The molecule has 1 aliphatic carbocycles. The predicted octanol–water partition coefficient (Wildman–Crippen LogP) is 4.07. The Kier molecular flexibility index (Phi) is 5.60. The van der Waals surface area contributed by atoms with Crippen molar-refractivity contribution in [3.05, 3.63) is 35.4 Å². The predicted molar refractivity (Wildman–Crippen MR) is 98.8 cm³/mol. The van der Waals surface area contributed by atoms with Crippen LogP contribution in [0.5, 0.6) is 0 Å². The van der Waals surface area contributed by atoms with Crippen LogP contribution in [-0.2, 0) is 4.79 Å². The molecule has 1 aromatic rings. The van der Waals surface area contributed by atoms with Crippen LogP contribution in [0.2, 0.25) is 0 Å². The SMILES string of the molecule is Cc1ccc([C@@H](C(=O)NC2CCCC2)N2C[C@H](C)C[C@H](C)C2)cc1. The number of amides is 1. The van der Waals surface area contributed by atoms with Gasteiger partial charge in [-0.2, -0.15) is 0 Å². The Bertz CT molecular complexity index is 537. The zero-order chi connectivity index (χ0) is 17.1. The number of carbonyl (C=O) groups is 1. The van der Waals surface area contributed by atoms with Gasteiger partial charge in [0.05, 0.1) is 0 Å². The Hall–Kier alpha value is -1.35. The normalized spacial score (nSPS) is 27.1. The first kappa shape index (κ1) is 17.5. The topological polar surface area (TPSA) is 32.3 Å². The van der Waals surface area contributed by atoms with Crippen LogP contribution in [-0.4, -0.2) is 29.9 Å². The number of hydrogen-bond acceptors (Lipinski definition) is 2. The van der Waals surface area contributed by atoms with Gasteiger partial charge in [0, 0.05) is 19.1 Å². The zero-order valence-electron chi connectivity index (χ0n) is 15.4. The van der Waals surface area contributed by atoms with Crippen molar-refractivity contribution in [2.45, 2.75) is 65.0 Å². The highest BCUT2D eigenvalue weighted by Gasteiger charge is 2.34. The summed E-state index contributed by atoms with van der Waals surface area (Å²) >= 11 is 0. The summed E-state index contributed by atoms with van der Waals surface area (Å²) in [5.74, 6) is 1.51. The lowest BCUT2D eigenvalue weighted by molar-refractivity contribution is -0.128. The smallest absolute Gasteiger partial charge is 0.242 e. The van der Waals surface area contributed by atoms with Crippen LogP contribution in [0.3, 0.4) is 0 Å². The molecule has 1 amide bonds. The molecular weight excluding hydrogens is 296 g/mol. The van der Waals surface area contributed by atoms with Crippen LogP contribution < -0.4 is 5.32 Å². The number of nitrogens with one attached hydrogen (secondary N) is 1. The van der Waals surface area contributed by atoms with Crippen molar-refractivity contribution in [3.8, 4) is 0 Å². The number of rotatable bonds is 4. The average molecular weight is 329 g/mol. The Balaban J connectivity index is 1.82. The number of benzene rings is 1. The number of carbonyl (C=O) groups excluding carboxylic acids is 1. The van der Waals surface area contributed by atoms with Gasteiger partial charge >= 0.3 is 0 Å². The van der Waals surface area contributed by atoms with Gasteiger partial charge in [-0.15, -0.1) is 0 Å². The summed E-state index contributed by atoms with van der Waals surface area (Å²) in [5, 5.41) is 3.34. The monoisotopic (exact) mass is 328 g/mol. The highest BCUT2D eigenvalue weighted by atomic mass is 16.2. The number of hydrogen-bond donors (Lipinski definition) is 1. The van der Waals surface area contributed by atoms with Crippen molar-refractivity contribution in [1.29, 1.82) is 0 Å². The van der Waals surface area contributed by atoms with Gasteiger partial charge in [-0.1, -0.05) is 56.5 Å². The summed E-state index contributed by atoms with van der Waals surface area (Å²) in [7, 11) is 0. The molecule has 0 aromatic heterocycles. The quantitative estimate of drug-likeness (QED) is 0.903. The van der Waals surface area contributed by atoms with Crippen molar-refractivity contribution < 1.29 is 4.79 Å². The van der Waals surface area contributed by atoms with Gasteiger partial charge in [0.15, 0.2) is 0 Å². The molecule has 1 saturated carbocycles. The van der Waals surface area contributed by atoms with Crippen LogP contribution in [0.1, 0.15) is 63.1 Å². The minimum atomic E-state index is -0.142. The minimum Gasteiger partial charge on any atom is -0.352 e. The van der Waals surface area contributed by atoms with Crippen molar-refractivity contribution in [2.75, 3.05) is 13.1 Å². The Morgan fingerprint density at radius 1 is 1.08 bits per heavy atom. The lowest BCUT2D eigenvalue weighted by Crippen LogP contribution is -2.48. The summed E-state index contributed by atoms with van der Waals surface area (Å²) < 4.78 is 0. The maximum Gasteiger partial charge on any atom is 0.242 e. The third kappa shape index (κ3) is 4.18. The van der Waals surface area contributed by atoms with E-state index in [0.29, 0.717) is 17.9 Å². The van der Waals surface area contributed by atoms with Gasteiger partial charge in [0.25, 0.3) is 0 Å². The second-order valence-corrected chi connectivity index (χ2v) is 8.20. The van der Waals surface area contributed by atoms with Gasteiger partial charge in [0.2, 0.25) is 5.91 Å². The molecular formula is C21H32N2O. The molecule has 132 valence electrons. The fourth-order valence-corrected chi connectivity index (χ4v) is 4.55. The standard InChI is InChI=1S/C21H32N2O/c1-15-8-10-18(11-9-15)20(21(24)22-19-6-4-5-7-19)23-13-16(2)12-17(3)14-23/h8-11,16-17,19-20H,4-7,12-14H2,1-3H3,(H,22,24)/t16-,17+,20-/m0/s1. The van der Waals surface area contributed by atoms with Gasteiger partial charge in [0.1, 0.15) is 6.04 Å². The van der Waals surface area contributed by atoms with Crippen LogP contribution in [0, 0.1) is 18.8 Å². The summed E-state index contributed by atoms with van der Waals surface area (Å²) in [6, 6.07) is 8.77. The maximum absolute atomic E-state index is 13.1. The van der Waals surface area contributed by atoms with Gasteiger partial charge in [-0.3, -0.25) is 9.69 Å². The van der Waals surface area contributed by atoms with Crippen LogP contribution in [0.15, 0.2) is 24.3 Å². The fourth-order valence-electron chi connectivity index (χ4n) is 4.55. The molecule has 0 radical (unpaired) electrons. The second-order valence-electron chi connectivity index (χ2n) is 8.20. The van der Waals surface area contributed by atoms with E-state index in [-0.39, 0.29) is 11.9 Å². The molecule has 3 heteroatoms. The third-order valence-corrected chi connectivity index (χ3v) is 5.61. The molecule has 0 unspecified atom stereocenters. The van der Waals surface area contributed by atoms with E-state index in [4.69, 9.17) is 0 Å². The molecule has 1 N–H and O–H groups in total. The first-order chi connectivity index (χ1) is 11.5. The molecule has 3 nitrogen and oxygen atoms in total.